The van der Waals surface area contributed by atoms with Crippen LogP contribution in [0.25, 0.3) is 43.1 Å². The zero-order valence-electron chi connectivity index (χ0n) is 26.1. The number of carbonyl (C=O) groups excluding carboxylic acids is 1. The molecule has 0 fully saturated rings. The second-order valence-corrected chi connectivity index (χ2v) is 13.9. The number of carbonyl (C=O) groups is 1. The number of fused-ring (bicyclic) bond motifs is 6. The molecule has 6 aromatic carbocycles. The highest BCUT2D eigenvalue weighted by Gasteiger charge is 2.22. The predicted molar refractivity (Wildman–Crippen MR) is 182 cm³/mol. The van der Waals surface area contributed by atoms with E-state index in [1.54, 1.807) is 0 Å². The van der Waals surface area contributed by atoms with Gasteiger partial charge in [0.2, 0.25) is 0 Å². The fraction of sp³-hybridized carbons (Fsp3) is 0.244. The van der Waals surface area contributed by atoms with Gasteiger partial charge in [-0.3, -0.25) is 4.79 Å². The van der Waals surface area contributed by atoms with Crippen LogP contribution in [0.2, 0.25) is 0 Å². The molecule has 0 aromatic heterocycles. The Kier molecular flexibility index (Phi) is 6.61. The van der Waals surface area contributed by atoms with Crippen molar-refractivity contribution in [1.82, 2.24) is 0 Å². The van der Waals surface area contributed by atoms with Crippen LogP contribution in [0.15, 0.2) is 97.1 Å². The van der Waals surface area contributed by atoms with E-state index in [0.717, 1.165) is 54.4 Å². The molecule has 0 N–H and O–H groups in total. The Labute approximate surface area is 249 Å². The first-order valence-corrected chi connectivity index (χ1v) is 15.0. The average Bonchev–Trinajstić information content (AvgIpc) is 2.93. The molecule has 0 aliphatic heterocycles. The van der Waals surface area contributed by atoms with Crippen molar-refractivity contribution < 1.29 is 4.79 Å². The SMILES string of the molecule is Cc1c2ccc3cc(C(C)(C)C)cc(c(C(=O)c4c5ccccc5cc5ccccc45)cc1cc(C(C)(C)C)c2)c3C. The van der Waals surface area contributed by atoms with E-state index < -0.39 is 0 Å². The van der Waals surface area contributed by atoms with Gasteiger partial charge in [0.05, 0.1) is 0 Å². The van der Waals surface area contributed by atoms with Crippen LogP contribution in [0.1, 0.15) is 79.7 Å². The van der Waals surface area contributed by atoms with Crippen LogP contribution in [-0.2, 0) is 10.8 Å². The van der Waals surface area contributed by atoms with Crippen LogP contribution in [0.5, 0.6) is 0 Å². The van der Waals surface area contributed by atoms with Gasteiger partial charge in [-0.15, -0.1) is 0 Å². The van der Waals surface area contributed by atoms with E-state index in [1.165, 1.54) is 22.1 Å². The summed E-state index contributed by atoms with van der Waals surface area (Å²) in [7, 11) is 0. The lowest BCUT2D eigenvalue weighted by Crippen LogP contribution is -2.12. The fourth-order valence-electron chi connectivity index (χ4n) is 6.13. The van der Waals surface area contributed by atoms with Gasteiger partial charge in [0, 0.05) is 11.1 Å². The predicted octanol–water partition coefficient (Wildman–Crippen LogP) is 11.3. The van der Waals surface area contributed by atoms with E-state index in [1.807, 2.05) is 24.3 Å². The summed E-state index contributed by atoms with van der Waals surface area (Å²) >= 11 is 0. The Balaban J connectivity index is 1.84. The molecule has 210 valence electrons. The van der Waals surface area contributed by atoms with Crippen molar-refractivity contribution >= 4 is 48.9 Å². The third kappa shape index (κ3) is 4.81. The monoisotopic (exact) mass is 548 g/mol. The van der Waals surface area contributed by atoms with Crippen molar-refractivity contribution in [2.75, 3.05) is 0 Å². The number of benzene rings is 5. The van der Waals surface area contributed by atoms with Crippen LogP contribution in [0, 0.1) is 13.8 Å². The minimum atomic E-state index is -0.0704. The summed E-state index contributed by atoms with van der Waals surface area (Å²) in [6.45, 7) is 17.8. The highest BCUT2D eigenvalue weighted by Crippen LogP contribution is 2.36. The quantitative estimate of drug-likeness (QED) is 0.155. The lowest BCUT2D eigenvalue weighted by molar-refractivity contribution is 0.104. The number of rotatable bonds is 2. The van der Waals surface area contributed by atoms with Gasteiger partial charge in [-0.1, -0.05) is 126 Å². The largest absolute Gasteiger partial charge is 0.289 e. The average molecular weight is 549 g/mol. The van der Waals surface area contributed by atoms with Crippen molar-refractivity contribution in [2.45, 2.75) is 66.2 Å². The van der Waals surface area contributed by atoms with Crippen molar-refractivity contribution in [3.8, 4) is 0 Å². The lowest BCUT2D eigenvalue weighted by atomic mass is 9.82. The molecule has 0 atom stereocenters. The van der Waals surface area contributed by atoms with E-state index in [9.17, 15) is 0 Å². The Morgan fingerprint density at radius 3 is 1.50 bits per heavy atom. The van der Waals surface area contributed by atoms with E-state index in [0.29, 0.717) is 0 Å². The van der Waals surface area contributed by atoms with Crippen LogP contribution in [0.4, 0.5) is 0 Å². The van der Waals surface area contributed by atoms with E-state index in [4.69, 9.17) is 0 Å². The smallest absolute Gasteiger partial charge is 0.194 e. The molecule has 0 saturated heterocycles. The lowest BCUT2D eigenvalue weighted by Gasteiger charge is -2.22. The second kappa shape index (κ2) is 9.95. The van der Waals surface area contributed by atoms with E-state index >= 15 is 4.79 Å². The summed E-state index contributed by atoms with van der Waals surface area (Å²) in [5.74, 6) is 0.0646. The molecule has 1 heteroatoms. The van der Waals surface area contributed by atoms with Crippen LogP contribution in [-0.4, -0.2) is 5.78 Å². The minimum absolute atomic E-state index is 0.0252. The molecular weight excluding hydrogens is 508 g/mol. The van der Waals surface area contributed by atoms with Gasteiger partial charge in [-0.2, -0.15) is 0 Å². The first-order valence-electron chi connectivity index (χ1n) is 15.0. The summed E-state index contributed by atoms with van der Waals surface area (Å²) in [5.41, 5.74) is 6.22. The molecule has 42 heavy (non-hydrogen) atoms. The van der Waals surface area contributed by atoms with Crippen molar-refractivity contribution in [1.29, 1.82) is 0 Å². The maximum absolute atomic E-state index is 15.2. The normalized spacial score (nSPS) is 12.4. The maximum Gasteiger partial charge on any atom is 0.194 e. The summed E-state index contributed by atoms with van der Waals surface area (Å²) < 4.78 is 0. The van der Waals surface area contributed by atoms with Gasteiger partial charge in [-0.25, -0.2) is 0 Å². The molecule has 0 aliphatic carbocycles. The standard InChI is InChI=1S/C41H40O/c1-25-27-17-18-28-21-33(41(6,7)8)24-36(26(28)2)37(23-31(25)22-32(20-27)40(3,4)5)39(42)38-34-15-11-9-13-29(34)19-30-14-10-12-16-35(30)38/h9-24H,1-8H3. The molecule has 0 aliphatic rings. The molecule has 1 nitrogen and oxygen atoms in total. The van der Waals surface area contributed by atoms with Gasteiger partial charge < -0.3 is 0 Å². The Bertz CT molecular complexity index is 2020. The van der Waals surface area contributed by atoms with Gasteiger partial charge in [0.25, 0.3) is 0 Å². The third-order valence-corrected chi connectivity index (χ3v) is 8.94. The number of aryl methyl sites for hydroxylation is 2. The van der Waals surface area contributed by atoms with Gasteiger partial charge >= 0.3 is 0 Å². The van der Waals surface area contributed by atoms with E-state index in [-0.39, 0.29) is 16.6 Å². The zero-order valence-corrected chi connectivity index (χ0v) is 26.1. The molecular formula is C41H40O. The van der Waals surface area contributed by atoms with Gasteiger partial charge in [0.1, 0.15) is 0 Å². The molecule has 0 heterocycles. The van der Waals surface area contributed by atoms with Gasteiger partial charge in [0.15, 0.2) is 5.78 Å². The summed E-state index contributed by atoms with van der Waals surface area (Å²) in [6, 6.07) is 34.6. The molecule has 6 rings (SSSR count). The molecule has 6 aromatic rings. The first-order chi connectivity index (χ1) is 19.8. The third-order valence-electron chi connectivity index (χ3n) is 8.94. The molecule has 0 amide bonds. The summed E-state index contributed by atoms with van der Waals surface area (Å²) in [6.07, 6.45) is 0. The second-order valence-electron chi connectivity index (χ2n) is 13.9. The fourth-order valence-corrected chi connectivity index (χ4v) is 6.13. The molecule has 0 unspecified atom stereocenters. The molecule has 0 saturated carbocycles. The van der Waals surface area contributed by atoms with Gasteiger partial charge in [-0.05, 0) is 102 Å². The van der Waals surface area contributed by atoms with Crippen molar-refractivity contribution in [2.24, 2.45) is 0 Å². The van der Waals surface area contributed by atoms with Crippen LogP contribution >= 0.6 is 0 Å². The Hall–Kier alpha value is -4.23. The maximum atomic E-state index is 15.2. The molecule has 4 bridgehead atoms. The Morgan fingerprint density at radius 2 is 0.952 bits per heavy atom. The molecule has 0 spiro atoms. The highest BCUT2D eigenvalue weighted by molar-refractivity contribution is 6.27. The van der Waals surface area contributed by atoms with Crippen LogP contribution in [0.3, 0.4) is 0 Å². The summed E-state index contributed by atoms with van der Waals surface area (Å²) in [4.78, 5) is 15.2. The van der Waals surface area contributed by atoms with E-state index in [2.05, 4.69) is 128 Å². The van der Waals surface area contributed by atoms with Crippen molar-refractivity contribution in [3.05, 3.63) is 130 Å². The summed E-state index contributed by atoms with van der Waals surface area (Å²) in [5, 5.41) is 8.60. The first kappa shape index (κ1) is 27.9. The zero-order chi connectivity index (χ0) is 30.0. The topological polar surface area (TPSA) is 17.1 Å². The Morgan fingerprint density at radius 1 is 0.476 bits per heavy atom. The number of hydrogen-bond acceptors (Lipinski definition) is 1. The number of ketones is 1. The number of hydrogen-bond donors (Lipinski definition) is 0. The minimum Gasteiger partial charge on any atom is -0.289 e. The highest BCUT2D eigenvalue weighted by atomic mass is 16.1. The molecule has 0 radical (unpaired) electrons. The van der Waals surface area contributed by atoms with Crippen LogP contribution < -0.4 is 0 Å². The van der Waals surface area contributed by atoms with Crippen molar-refractivity contribution in [3.63, 3.8) is 0 Å².